The molecule has 0 aromatic heterocycles. The monoisotopic (exact) mass is 235 g/mol. The maximum absolute atomic E-state index is 5.35. The predicted octanol–water partition coefficient (Wildman–Crippen LogP) is 1.92. The van der Waals surface area contributed by atoms with Gasteiger partial charge in [-0.05, 0) is 11.6 Å². The molecule has 0 radical (unpaired) electrons. The number of thioether (sulfide) groups is 1. The van der Waals surface area contributed by atoms with Crippen LogP contribution in [0.15, 0.2) is 40.2 Å². The normalized spacial score (nSPS) is 18.1. The van der Waals surface area contributed by atoms with Crippen molar-refractivity contribution in [3.05, 3.63) is 40.8 Å². The van der Waals surface area contributed by atoms with Crippen molar-refractivity contribution in [2.75, 3.05) is 0 Å². The first-order valence-corrected chi connectivity index (χ1v) is 5.56. The molecule has 0 aliphatic carbocycles. The van der Waals surface area contributed by atoms with Crippen LogP contribution in [-0.2, 0) is 0 Å². The van der Waals surface area contributed by atoms with E-state index in [9.17, 15) is 0 Å². The van der Waals surface area contributed by atoms with Gasteiger partial charge in [-0.2, -0.15) is 0 Å². The van der Waals surface area contributed by atoms with E-state index in [0.717, 1.165) is 10.5 Å². The number of thiocarbonyl (C=S) groups is 1. The molecule has 76 valence electrons. The van der Waals surface area contributed by atoms with Gasteiger partial charge in [-0.25, -0.2) is 10.8 Å². The van der Waals surface area contributed by atoms with Crippen LogP contribution in [-0.4, -0.2) is 10.2 Å². The van der Waals surface area contributed by atoms with Crippen LogP contribution in [0.3, 0.4) is 0 Å². The Morgan fingerprint density at radius 3 is 2.73 bits per heavy atom. The van der Waals surface area contributed by atoms with Crippen LogP contribution in [0.5, 0.6) is 0 Å². The zero-order valence-corrected chi connectivity index (χ0v) is 9.44. The van der Waals surface area contributed by atoms with E-state index in [0.29, 0.717) is 10.2 Å². The minimum Gasteiger partial charge on any atom is -0.307 e. The second-order valence-corrected chi connectivity index (χ2v) is 4.57. The van der Waals surface area contributed by atoms with Crippen LogP contribution in [0.2, 0.25) is 0 Å². The van der Waals surface area contributed by atoms with E-state index < -0.39 is 0 Å². The molecule has 0 unspecified atom stereocenters. The lowest BCUT2D eigenvalue weighted by Gasteiger charge is -2.00. The fourth-order valence-electron chi connectivity index (χ4n) is 1.21. The van der Waals surface area contributed by atoms with Gasteiger partial charge < -0.3 is 5.43 Å². The molecule has 0 saturated heterocycles. The zero-order valence-electron chi connectivity index (χ0n) is 7.81. The highest BCUT2D eigenvalue weighted by Gasteiger charge is 2.17. The molecule has 1 aliphatic heterocycles. The third-order valence-corrected chi connectivity index (χ3v) is 3.01. The molecule has 1 aromatic rings. The van der Waals surface area contributed by atoms with Crippen molar-refractivity contribution in [2.45, 2.75) is 0 Å². The van der Waals surface area contributed by atoms with Crippen molar-refractivity contribution in [1.82, 2.24) is 5.43 Å². The van der Waals surface area contributed by atoms with Gasteiger partial charge in [0.2, 0.25) is 0 Å². The minimum atomic E-state index is 0.588. The number of hydrazine groups is 1. The van der Waals surface area contributed by atoms with E-state index in [4.69, 9.17) is 18.1 Å². The van der Waals surface area contributed by atoms with Gasteiger partial charge in [0.05, 0.1) is 4.91 Å². The number of nitrogens with zero attached hydrogens (tertiary/aromatic N) is 1. The number of aliphatic imine (C=N–C) groups is 1. The van der Waals surface area contributed by atoms with E-state index in [2.05, 4.69) is 10.4 Å². The Morgan fingerprint density at radius 2 is 2.07 bits per heavy atom. The van der Waals surface area contributed by atoms with Gasteiger partial charge in [0.15, 0.2) is 10.2 Å². The summed E-state index contributed by atoms with van der Waals surface area (Å²) in [4.78, 5) is 5.04. The lowest BCUT2D eigenvalue weighted by atomic mass is 10.2. The molecular weight excluding hydrogens is 226 g/mol. The number of benzene rings is 1. The van der Waals surface area contributed by atoms with Crippen molar-refractivity contribution in [3.63, 3.8) is 0 Å². The van der Waals surface area contributed by atoms with Gasteiger partial charge in [-0.3, -0.25) is 0 Å². The number of amidine groups is 1. The summed E-state index contributed by atoms with van der Waals surface area (Å²) in [6, 6.07) is 9.98. The van der Waals surface area contributed by atoms with Crippen molar-refractivity contribution < 1.29 is 0 Å². The fourth-order valence-corrected chi connectivity index (χ4v) is 2.30. The molecule has 1 aromatic carbocycles. The summed E-state index contributed by atoms with van der Waals surface area (Å²) in [7, 11) is 0. The smallest absolute Gasteiger partial charge is 0.167 e. The van der Waals surface area contributed by atoms with Gasteiger partial charge in [0.1, 0.15) is 0 Å². The maximum Gasteiger partial charge on any atom is 0.167 e. The number of rotatable bonds is 1. The fraction of sp³-hybridized carbons (Fsp3) is 0. The molecule has 0 bridgehead atoms. The quantitative estimate of drug-likeness (QED) is 0.443. The Labute approximate surface area is 97.4 Å². The molecule has 0 fully saturated rings. The van der Waals surface area contributed by atoms with Crippen molar-refractivity contribution in [2.24, 2.45) is 10.8 Å². The summed E-state index contributed by atoms with van der Waals surface area (Å²) < 4.78 is 0.588. The summed E-state index contributed by atoms with van der Waals surface area (Å²) in [6.45, 7) is 0. The van der Waals surface area contributed by atoms with Crippen LogP contribution < -0.4 is 11.3 Å². The molecule has 3 N–H and O–H groups in total. The molecule has 2 rings (SSSR count). The second-order valence-electron chi connectivity index (χ2n) is 2.89. The lowest BCUT2D eigenvalue weighted by molar-refractivity contribution is 1.03. The molecule has 0 saturated carbocycles. The van der Waals surface area contributed by atoms with Gasteiger partial charge >= 0.3 is 0 Å². The third kappa shape index (κ3) is 2.44. The highest BCUT2D eigenvalue weighted by Crippen LogP contribution is 2.28. The van der Waals surface area contributed by atoms with Crippen LogP contribution in [0.1, 0.15) is 5.56 Å². The summed E-state index contributed by atoms with van der Waals surface area (Å²) >= 11 is 6.43. The Hall–Kier alpha value is -1.17. The largest absolute Gasteiger partial charge is 0.307 e. The van der Waals surface area contributed by atoms with Gasteiger partial charge in [0.25, 0.3) is 0 Å². The summed E-state index contributed by atoms with van der Waals surface area (Å²) in [6.07, 6.45) is 2.00. The first-order valence-electron chi connectivity index (χ1n) is 4.34. The SMILES string of the molecule is NNC1=NC(=S)SC1=Cc1ccccc1. The molecular formula is C10H9N3S2. The number of hydrogen-bond acceptors (Lipinski definition) is 4. The van der Waals surface area contributed by atoms with E-state index in [1.165, 1.54) is 11.8 Å². The summed E-state index contributed by atoms with van der Waals surface area (Å²) in [5, 5.41) is 0. The number of hydrogen-bond donors (Lipinski definition) is 2. The summed E-state index contributed by atoms with van der Waals surface area (Å²) in [5.74, 6) is 5.98. The lowest BCUT2D eigenvalue weighted by Crippen LogP contribution is -2.29. The third-order valence-electron chi connectivity index (χ3n) is 1.87. The molecule has 0 spiro atoms. The van der Waals surface area contributed by atoms with Crippen molar-refractivity contribution >= 4 is 40.2 Å². The van der Waals surface area contributed by atoms with Gasteiger partial charge in [-0.15, -0.1) is 0 Å². The van der Waals surface area contributed by atoms with E-state index >= 15 is 0 Å². The average molecular weight is 235 g/mol. The van der Waals surface area contributed by atoms with Gasteiger partial charge in [0, 0.05) is 0 Å². The van der Waals surface area contributed by atoms with Crippen LogP contribution in [0.25, 0.3) is 6.08 Å². The topological polar surface area (TPSA) is 50.4 Å². The molecule has 0 atom stereocenters. The standard InChI is InChI=1S/C10H9N3S2/c11-13-9-8(15-10(14)12-9)6-7-4-2-1-3-5-7/h1-6H,11H2,(H,12,13,14). The maximum atomic E-state index is 5.35. The molecule has 15 heavy (non-hydrogen) atoms. The first kappa shape index (κ1) is 10.4. The van der Waals surface area contributed by atoms with E-state index in [-0.39, 0.29) is 0 Å². The zero-order chi connectivity index (χ0) is 10.7. The highest BCUT2D eigenvalue weighted by atomic mass is 32.2. The molecule has 0 amide bonds. The van der Waals surface area contributed by atoms with Crippen molar-refractivity contribution in [3.8, 4) is 0 Å². The van der Waals surface area contributed by atoms with Crippen molar-refractivity contribution in [1.29, 1.82) is 0 Å². The van der Waals surface area contributed by atoms with E-state index in [1.807, 2.05) is 36.4 Å². The Morgan fingerprint density at radius 1 is 1.33 bits per heavy atom. The molecule has 5 heteroatoms. The number of nitrogens with two attached hydrogens (primary N) is 1. The van der Waals surface area contributed by atoms with E-state index in [1.54, 1.807) is 0 Å². The number of nitrogens with one attached hydrogen (secondary N) is 1. The molecule has 3 nitrogen and oxygen atoms in total. The van der Waals surface area contributed by atoms with Gasteiger partial charge in [-0.1, -0.05) is 54.3 Å². The molecule has 1 aliphatic rings. The average Bonchev–Trinajstić information content (AvgIpc) is 2.60. The molecule has 1 heterocycles. The highest BCUT2D eigenvalue weighted by molar-refractivity contribution is 8.26. The Bertz CT molecular complexity index is 437. The Kier molecular flexibility index (Phi) is 3.15. The first-order chi connectivity index (χ1) is 7.29. The second kappa shape index (κ2) is 4.57. The van der Waals surface area contributed by atoms with Crippen LogP contribution >= 0.6 is 24.0 Å². The predicted molar refractivity (Wildman–Crippen MR) is 69.4 cm³/mol. The Balaban J connectivity index is 2.29. The van der Waals surface area contributed by atoms with Crippen LogP contribution in [0.4, 0.5) is 0 Å². The minimum absolute atomic E-state index is 0.588. The summed E-state index contributed by atoms with van der Waals surface area (Å²) in [5.41, 5.74) is 3.64. The van der Waals surface area contributed by atoms with Crippen LogP contribution in [0, 0.1) is 0 Å².